The average molecular weight is 440 g/mol. The van der Waals surface area contributed by atoms with Gasteiger partial charge in [0.2, 0.25) is 0 Å². The Hall–Kier alpha value is -2.44. The first-order chi connectivity index (χ1) is 14.4. The lowest BCUT2D eigenvalue weighted by Gasteiger charge is -2.31. The summed E-state index contributed by atoms with van der Waals surface area (Å²) in [5, 5.41) is 15.3. The summed E-state index contributed by atoms with van der Waals surface area (Å²) < 4.78 is 0. The van der Waals surface area contributed by atoms with Crippen molar-refractivity contribution in [2.45, 2.75) is 33.2 Å². The van der Waals surface area contributed by atoms with Gasteiger partial charge in [-0.3, -0.25) is 0 Å². The van der Waals surface area contributed by atoms with E-state index in [0.717, 1.165) is 57.3 Å². The number of hydrogen-bond acceptors (Lipinski definition) is 5. The van der Waals surface area contributed by atoms with E-state index < -0.39 is 0 Å². The molecule has 1 saturated heterocycles. The first kappa shape index (κ1) is 20.8. The van der Waals surface area contributed by atoms with Gasteiger partial charge in [0.1, 0.15) is 4.99 Å². The van der Waals surface area contributed by atoms with Gasteiger partial charge in [0.15, 0.2) is 11.6 Å². The molecule has 3 aromatic rings. The Kier molecular flexibility index (Phi) is 6.06. The molecule has 0 saturated carbocycles. The van der Waals surface area contributed by atoms with Crippen LogP contribution >= 0.6 is 23.8 Å². The number of nitrogens with one attached hydrogen (secondary N) is 1. The second-order valence-electron chi connectivity index (χ2n) is 8.10. The molecular weight excluding hydrogens is 414 g/mol. The molecule has 0 aliphatic carbocycles. The molecule has 0 atom stereocenters. The van der Waals surface area contributed by atoms with Crippen molar-refractivity contribution >= 4 is 51.2 Å². The number of nitrogens with zero attached hydrogens (tertiary/aromatic N) is 3. The number of rotatable bonds is 5. The van der Waals surface area contributed by atoms with Crippen molar-refractivity contribution in [1.82, 2.24) is 10.2 Å². The third-order valence-electron chi connectivity index (χ3n) is 5.82. The topological polar surface area (TPSA) is 67.1 Å². The lowest BCUT2D eigenvalue weighted by Crippen LogP contribution is -2.33. The van der Waals surface area contributed by atoms with Crippen LogP contribution in [0.3, 0.4) is 0 Å². The summed E-state index contributed by atoms with van der Waals surface area (Å²) >= 11 is 11.5. The molecule has 3 N–H and O–H groups in total. The zero-order chi connectivity index (χ0) is 21.3. The van der Waals surface area contributed by atoms with Crippen molar-refractivity contribution in [3.05, 3.63) is 58.1 Å². The van der Waals surface area contributed by atoms with Gasteiger partial charge >= 0.3 is 0 Å². The number of aromatic nitrogens is 2. The predicted octanol–water partition coefficient (Wildman–Crippen LogP) is 5.07. The maximum Gasteiger partial charge on any atom is 0.159 e. The van der Waals surface area contributed by atoms with Crippen molar-refractivity contribution in [1.29, 1.82) is 0 Å². The van der Waals surface area contributed by atoms with Crippen molar-refractivity contribution < 1.29 is 0 Å². The molecule has 1 fully saturated rings. The highest BCUT2D eigenvalue weighted by atomic mass is 35.5. The van der Waals surface area contributed by atoms with Crippen LogP contribution in [0, 0.1) is 12.8 Å². The van der Waals surface area contributed by atoms with Crippen molar-refractivity contribution in [3.63, 3.8) is 0 Å². The van der Waals surface area contributed by atoms with Crippen LogP contribution in [0.1, 0.15) is 36.5 Å². The second kappa shape index (κ2) is 8.74. The summed E-state index contributed by atoms with van der Waals surface area (Å²) in [6.45, 7) is 6.89. The quantitative estimate of drug-likeness (QED) is 0.540. The van der Waals surface area contributed by atoms with Gasteiger partial charge in [0.05, 0.1) is 0 Å². The second-order valence-corrected chi connectivity index (χ2v) is 8.95. The monoisotopic (exact) mass is 439 g/mol. The molecule has 7 heteroatoms. The van der Waals surface area contributed by atoms with Gasteiger partial charge in [-0.25, -0.2) is 0 Å². The minimum atomic E-state index is 0.373. The van der Waals surface area contributed by atoms with Gasteiger partial charge in [0, 0.05) is 41.0 Å². The number of halogens is 1. The average Bonchev–Trinajstić information content (AvgIpc) is 2.74. The number of fused-ring (bicyclic) bond motifs is 1. The van der Waals surface area contributed by atoms with E-state index in [-0.39, 0.29) is 0 Å². The third-order valence-corrected chi connectivity index (χ3v) is 6.47. The molecule has 5 nitrogen and oxygen atoms in total. The predicted molar refractivity (Wildman–Crippen MR) is 130 cm³/mol. The van der Waals surface area contributed by atoms with E-state index in [1.807, 2.05) is 31.2 Å². The summed E-state index contributed by atoms with van der Waals surface area (Å²) in [5.41, 5.74) is 8.87. The Labute approximate surface area is 187 Å². The van der Waals surface area contributed by atoms with Crippen LogP contribution in [0.5, 0.6) is 0 Å². The van der Waals surface area contributed by atoms with Crippen LogP contribution < -0.4 is 16.0 Å². The molecular formula is C23H26ClN5S. The van der Waals surface area contributed by atoms with Gasteiger partial charge in [-0.15, -0.1) is 10.2 Å². The maximum atomic E-state index is 6.27. The van der Waals surface area contributed by atoms with E-state index >= 15 is 0 Å². The first-order valence-electron chi connectivity index (χ1n) is 10.3. The SMILES string of the molecule is Cc1ccc(CNc2nnc(N3CCC(C)CC3)c3ccc(C(N)=S)cc23)cc1Cl. The number of thiocarbonyl (C=S) groups is 1. The summed E-state index contributed by atoms with van der Waals surface area (Å²) in [5.74, 6) is 2.40. The molecule has 0 unspecified atom stereocenters. The first-order valence-corrected chi connectivity index (χ1v) is 11.0. The Morgan fingerprint density at radius 1 is 1.17 bits per heavy atom. The fraction of sp³-hybridized carbons (Fsp3) is 0.348. The summed E-state index contributed by atoms with van der Waals surface area (Å²) in [7, 11) is 0. The number of anilines is 2. The molecule has 0 radical (unpaired) electrons. The number of aryl methyl sites for hydroxylation is 1. The Bertz CT molecular complexity index is 1090. The van der Waals surface area contributed by atoms with Crippen molar-refractivity contribution in [2.24, 2.45) is 11.7 Å². The van der Waals surface area contributed by atoms with Crippen LogP contribution in [-0.4, -0.2) is 28.3 Å². The van der Waals surface area contributed by atoms with Crippen molar-refractivity contribution in [2.75, 3.05) is 23.3 Å². The molecule has 1 aromatic heterocycles. The number of hydrogen-bond donors (Lipinski definition) is 2. The molecule has 0 bridgehead atoms. The minimum absolute atomic E-state index is 0.373. The standard InChI is InChI=1S/C23H26ClN5S/c1-14-7-9-29(10-8-14)23-18-6-5-17(21(25)30)12-19(18)22(27-28-23)26-13-16-4-3-15(2)20(24)11-16/h3-6,11-12,14H,7-10,13H2,1-2H3,(H2,25,30)(H,26,27). The molecule has 30 heavy (non-hydrogen) atoms. The zero-order valence-electron chi connectivity index (χ0n) is 17.3. The zero-order valence-corrected chi connectivity index (χ0v) is 18.9. The van der Waals surface area contributed by atoms with E-state index in [1.165, 1.54) is 12.8 Å². The Morgan fingerprint density at radius 3 is 2.63 bits per heavy atom. The highest BCUT2D eigenvalue weighted by Gasteiger charge is 2.21. The van der Waals surface area contributed by atoms with Gasteiger partial charge in [-0.05, 0) is 55.0 Å². The van der Waals surface area contributed by atoms with E-state index in [4.69, 9.17) is 29.6 Å². The number of nitrogens with two attached hydrogens (primary N) is 1. The molecule has 1 aliphatic rings. The fourth-order valence-corrected chi connectivity index (χ4v) is 4.14. The van der Waals surface area contributed by atoms with Crippen LogP contribution in [-0.2, 0) is 6.54 Å². The summed E-state index contributed by atoms with van der Waals surface area (Å²) in [4.78, 5) is 2.71. The van der Waals surface area contributed by atoms with Crippen LogP contribution in [0.25, 0.3) is 10.8 Å². The normalized spacial score (nSPS) is 14.8. The van der Waals surface area contributed by atoms with Gasteiger partial charge < -0.3 is 16.0 Å². The van der Waals surface area contributed by atoms with Gasteiger partial charge in [-0.2, -0.15) is 0 Å². The highest BCUT2D eigenvalue weighted by Crippen LogP contribution is 2.32. The molecule has 2 aromatic carbocycles. The lowest BCUT2D eigenvalue weighted by molar-refractivity contribution is 0.436. The maximum absolute atomic E-state index is 6.27. The smallest absolute Gasteiger partial charge is 0.159 e. The minimum Gasteiger partial charge on any atom is -0.389 e. The Morgan fingerprint density at radius 2 is 1.93 bits per heavy atom. The summed E-state index contributed by atoms with van der Waals surface area (Å²) in [6.07, 6.45) is 2.34. The van der Waals surface area contributed by atoms with Gasteiger partial charge in [0.25, 0.3) is 0 Å². The van der Waals surface area contributed by atoms with Crippen molar-refractivity contribution in [3.8, 4) is 0 Å². The summed E-state index contributed by atoms with van der Waals surface area (Å²) in [6, 6.07) is 12.1. The number of piperidine rings is 1. The molecule has 0 amide bonds. The van der Waals surface area contributed by atoms with E-state index in [2.05, 4.69) is 39.5 Å². The Balaban J connectivity index is 1.69. The molecule has 1 aliphatic heterocycles. The van der Waals surface area contributed by atoms with E-state index in [0.29, 0.717) is 17.4 Å². The molecule has 156 valence electrons. The van der Waals surface area contributed by atoms with E-state index in [9.17, 15) is 0 Å². The van der Waals surface area contributed by atoms with Gasteiger partial charge in [-0.1, -0.05) is 48.9 Å². The molecule has 4 rings (SSSR count). The fourth-order valence-electron chi connectivity index (χ4n) is 3.81. The largest absolute Gasteiger partial charge is 0.389 e. The molecule has 0 spiro atoms. The number of benzene rings is 2. The van der Waals surface area contributed by atoms with Crippen LogP contribution in [0.4, 0.5) is 11.6 Å². The highest BCUT2D eigenvalue weighted by molar-refractivity contribution is 7.80. The molecule has 2 heterocycles. The van der Waals surface area contributed by atoms with Crippen LogP contribution in [0.15, 0.2) is 36.4 Å². The lowest BCUT2D eigenvalue weighted by atomic mass is 9.98. The van der Waals surface area contributed by atoms with E-state index in [1.54, 1.807) is 0 Å². The third kappa shape index (κ3) is 4.35. The van der Waals surface area contributed by atoms with Crippen LogP contribution in [0.2, 0.25) is 5.02 Å².